The second kappa shape index (κ2) is 4.63. The van der Waals surface area contributed by atoms with Crippen LogP contribution in [0, 0.1) is 5.82 Å². The van der Waals surface area contributed by atoms with E-state index >= 15 is 0 Å². The molecule has 1 aromatic rings. The number of nitrogens with two attached hydrogens (primary N) is 1. The third-order valence-corrected chi connectivity index (χ3v) is 1.67. The quantitative estimate of drug-likeness (QED) is 0.654. The van der Waals surface area contributed by atoms with E-state index in [1.807, 2.05) is 13.8 Å². The Morgan fingerprint density at radius 1 is 1.47 bits per heavy atom. The molecule has 0 saturated carbocycles. The number of benzene rings is 1. The minimum Gasteiger partial charge on any atom is -0.396 e. The van der Waals surface area contributed by atoms with E-state index in [4.69, 9.17) is 5.73 Å². The fraction of sp³-hybridized carbons (Fsp3) is 0.300. The van der Waals surface area contributed by atoms with Gasteiger partial charge in [-0.1, -0.05) is 0 Å². The summed E-state index contributed by atoms with van der Waals surface area (Å²) < 4.78 is 12.8. The molecule has 1 rings (SSSR count). The maximum atomic E-state index is 12.8. The number of carbonyl (C=O) groups excluding carboxylic acids is 1. The van der Waals surface area contributed by atoms with Crippen molar-refractivity contribution in [1.82, 2.24) is 5.32 Å². The molecule has 5 heteroatoms. The minimum absolute atomic E-state index is 0.0114. The van der Waals surface area contributed by atoms with Gasteiger partial charge >= 0.3 is 6.03 Å². The molecule has 0 spiro atoms. The average Bonchev–Trinajstić information content (AvgIpc) is 2.10. The molecule has 0 heterocycles. The summed E-state index contributed by atoms with van der Waals surface area (Å²) in [5, 5.41) is 5.19. The maximum Gasteiger partial charge on any atom is 0.319 e. The molecular formula is C10H14FN3O. The first kappa shape index (κ1) is 11.3. The van der Waals surface area contributed by atoms with Crippen molar-refractivity contribution in [2.75, 3.05) is 11.1 Å². The Hall–Kier alpha value is -1.78. The van der Waals surface area contributed by atoms with Crippen LogP contribution >= 0.6 is 0 Å². The molecule has 15 heavy (non-hydrogen) atoms. The molecule has 4 N–H and O–H groups in total. The number of hydrogen-bond donors (Lipinski definition) is 3. The van der Waals surface area contributed by atoms with Crippen molar-refractivity contribution < 1.29 is 9.18 Å². The Morgan fingerprint density at radius 3 is 2.67 bits per heavy atom. The van der Waals surface area contributed by atoms with Gasteiger partial charge in [0.05, 0.1) is 5.69 Å². The topological polar surface area (TPSA) is 67.2 Å². The van der Waals surface area contributed by atoms with Crippen molar-refractivity contribution in [2.24, 2.45) is 0 Å². The van der Waals surface area contributed by atoms with Crippen molar-refractivity contribution >= 4 is 17.4 Å². The SMILES string of the molecule is CC(C)NC(=O)Nc1ccc(F)c(N)c1. The number of halogens is 1. The van der Waals surface area contributed by atoms with E-state index < -0.39 is 5.82 Å². The smallest absolute Gasteiger partial charge is 0.319 e. The second-order valence-electron chi connectivity index (χ2n) is 3.49. The Bertz CT molecular complexity index is 366. The molecule has 0 bridgehead atoms. The van der Waals surface area contributed by atoms with Crippen LogP contribution in [0.4, 0.5) is 20.6 Å². The summed E-state index contributed by atoms with van der Waals surface area (Å²) >= 11 is 0. The van der Waals surface area contributed by atoms with Gasteiger partial charge in [0.25, 0.3) is 0 Å². The largest absolute Gasteiger partial charge is 0.396 e. The lowest BCUT2D eigenvalue weighted by Crippen LogP contribution is -2.34. The predicted octanol–water partition coefficient (Wildman–Crippen LogP) is 1.94. The van der Waals surface area contributed by atoms with E-state index in [-0.39, 0.29) is 17.8 Å². The average molecular weight is 211 g/mol. The number of hydrogen-bond acceptors (Lipinski definition) is 2. The van der Waals surface area contributed by atoms with E-state index in [9.17, 15) is 9.18 Å². The van der Waals surface area contributed by atoms with Gasteiger partial charge < -0.3 is 16.4 Å². The predicted molar refractivity (Wildman–Crippen MR) is 58.1 cm³/mol. The summed E-state index contributed by atoms with van der Waals surface area (Å²) in [5.41, 5.74) is 5.83. The monoisotopic (exact) mass is 211 g/mol. The molecule has 0 aliphatic carbocycles. The van der Waals surface area contributed by atoms with Gasteiger partial charge in [-0.3, -0.25) is 0 Å². The Kier molecular flexibility index (Phi) is 3.49. The van der Waals surface area contributed by atoms with Crippen molar-refractivity contribution in [2.45, 2.75) is 19.9 Å². The highest BCUT2D eigenvalue weighted by Gasteiger charge is 2.04. The van der Waals surface area contributed by atoms with Crippen LogP contribution in [0.25, 0.3) is 0 Å². The molecule has 2 amide bonds. The molecule has 0 atom stereocenters. The summed E-state index contributed by atoms with van der Waals surface area (Å²) in [6.45, 7) is 3.69. The van der Waals surface area contributed by atoms with E-state index in [1.165, 1.54) is 18.2 Å². The first-order chi connectivity index (χ1) is 6.99. The number of carbonyl (C=O) groups is 1. The van der Waals surface area contributed by atoms with Crippen LogP contribution in [0.3, 0.4) is 0 Å². The standard InChI is InChI=1S/C10H14FN3O/c1-6(2)13-10(15)14-7-3-4-8(11)9(12)5-7/h3-6H,12H2,1-2H3,(H2,13,14,15). The zero-order valence-corrected chi connectivity index (χ0v) is 8.67. The van der Waals surface area contributed by atoms with Crippen molar-refractivity contribution in [3.63, 3.8) is 0 Å². The van der Waals surface area contributed by atoms with Crippen LogP contribution in [-0.4, -0.2) is 12.1 Å². The minimum atomic E-state index is -0.496. The second-order valence-corrected chi connectivity index (χ2v) is 3.49. The van der Waals surface area contributed by atoms with Crippen LogP contribution in [0.15, 0.2) is 18.2 Å². The molecule has 0 aliphatic heterocycles. The molecule has 0 aliphatic rings. The zero-order chi connectivity index (χ0) is 11.4. The highest BCUT2D eigenvalue weighted by molar-refractivity contribution is 5.89. The molecular weight excluding hydrogens is 197 g/mol. The fourth-order valence-electron chi connectivity index (χ4n) is 1.05. The Balaban J connectivity index is 2.65. The van der Waals surface area contributed by atoms with Crippen LogP contribution in [0.2, 0.25) is 0 Å². The van der Waals surface area contributed by atoms with Crippen molar-refractivity contribution in [3.8, 4) is 0 Å². The highest BCUT2D eigenvalue weighted by atomic mass is 19.1. The molecule has 4 nitrogen and oxygen atoms in total. The zero-order valence-electron chi connectivity index (χ0n) is 8.67. The van der Waals surface area contributed by atoms with Gasteiger partial charge in [-0.15, -0.1) is 0 Å². The van der Waals surface area contributed by atoms with E-state index in [0.717, 1.165) is 0 Å². The summed E-state index contributed by atoms with van der Waals surface area (Å²) in [6.07, 6.45) is 0. The molecule has 1 aromatic carbocycles. The Morgan fingerprint density at radius 2 is 2.13 bits per heavy atom. The normalized spacial score (nSPS) is 10.1. The highest BCUT2D eigenvalue weighted by Crippen LogP contribution is 2.15. The van der Waals surface area contributed by atoms with Gasteiger partial charge in [-0.05, 0) is 32.0 Å². The molecule has 0 saturated heterocycles. The van der Waals surface area contributed by atoms with E-state index in [1.54, 1.807) is 0 Å². The van der Waals surface area contributed by atoms with E-state index in [0.29, 0.717) is 5.69 Å². The van der Waals surface area contributed by atoms with Gasteiger partial charge in [0.1, 0.15) is 5.82 Å². The number of nitrogen functional groups attached to an aromatic ring is 1. The number of nitrogens with one attached hydrogen (secondary N) is 2. The Labute approximate surface area is 87.7 Å². The number of anilines is 2. The maximum absolute atomic E-state index is 12.8. The summed E-state index contributed by atoms with van der Waals surface area (Å²) in [6, 6.07) is 3.74. The summed E-state index contributed by atoms with van der Waals surface area (Å²) in [5.74, 6) is -0.496. The fourth-order valence-corrected chi connectivity index (χ4v) is 1.05. The van der Waals surface area contributed by atoms with Gasteiger partial charge in [-0.2, -0.15) is 0 Å². The van der Waals surface area contributed by atoms with E-state index in [2.05, 4.69) is 10.6 Å². The van der Waals surface area contributed by atoms with Crippen LogP contribution in [0.5, 0.6) is 0 Å². The van der Waals surface area contributed by atoms with Crippen LogP contribution < -0.4 is 16.4 Å². The van der Waals surface area contributed by atoms with Crippen molar-refractivity contribution in [3.05, 3.63) is 24.0 Å². The van der Waals surface area contributed by atoms with Crippen LogP contribution in [-0.2, 0) is 0 Å². The summed E-state index contributed by atoms with van der Waals surface area (Å²) in [7, 11) is 0. The lowest BCUT2D eigenvalue weighted by molar-refractivity contribution is 0.250. The number of urea groups is 1. The number of amides is 2. The van der Waals surface area contributed by atoms with Crippen LogP contribution in [0.1, 0.15) is 13.8 Å². The lowest BCUT2D eigenvalue weighted by Gasteiger charge is -2.10. The molecule has 0 radical (unpaired) electrons. The van der Waals surface area contributed by atoms with Crippen molar-refractivity contribution in [1.29, 1.82) is 0 Å². The third-order valence-electron chi connectivity index (χ3n) is 1.67. The molecule has 0 unspecified atom stereocenters. The lowest BCUT2D eigenvalue weighted by atomic mass is 10.2. The molecule has 0 fully saturated rings. The van der Waals surface area contributed by atoms with Gasteiger partial charge in [0.2, 0.25) is 0 Å². The molecule has 82 valence electrons. The van der Waals surface area contributed by atoms with Gasteiger partial charge in [0.15, 0.2) is 0 Å². The first-order valence-electron chi connectivity index (χ1n) is 4.61. The third kappa shape index (κ3) is 3.46. The summed E-state index contributed by atoms with van der Waals surface area (Å²) in [4.78, 5) is 11.3. The first-order valence-corrected chi connectivity index (χ1v) is 4.61. The molecule has 0 aromatic heterocycles. The van der Waals surface area contributed by atoms with Gasteiger partial charge in [0, 0.05) is 11.7 Å². The number of rotatable bonds is 2. The van der Waals surface area contributed by atoms with Gasteiger partial charge in [-0.25, -0.2) is 9.18 Å².